The summed E-state index contributed by atoms with van der Waals surface area (Å²) in [6.07, 6.45) is 2.12. The van der Waals surface area contributed by atoms with Gasteiger partial charge in [-0.15, -0.1) is 0 Å². The van der Waals surface area contributed by atoms with E-state index in [2.05, 4.69) is 5.32 Å². The Bertz CT molecular complexity index is 160. The molecule has 2 atom stereocenters. The first-order chi connectivity index (χ1) is 6.60. The Morgan fingerprint density at radius 3 is 2.64 bits per heavy atom. The van der Waals surface area contributed by atoms with E-state index in [4.69, 9.17) is 10.5 Å². The highest BCUT2D eigenvalue weighted by molar-refractivity contribution is 5.76. The van der Waals surface area contributed by atoms with Gasteiger partial charge in [0.25, 0.3) is 0 Å². The molecular formula is C10H22N2O2. The van der Waals surface area contributed by atoms with Gasteiger partial charge >= 0.3 is 0 Å². The molecule has 0 fully saturated rings. The summed E-state index contributed by atoms with van der Waals surface area (Å²) < 4.78 is 4.98. The van der Waals surface area contributed by atoms with Gasteiger partial charge in [0.05, 0.1) is 12.6 Å². The highest BCUT2D eigenvalue weighted by Gasteiger charge is 2.10. The number of hydrogen-bond donors (Lipinski definition) is 2. The SMILES string of the molecule is CCC(COC)NC(=O)CCC(C)N. The van der Waals surface area contributed by atoms with E-state index in [0.29, 0.717) is 13.0 Å². The van der Waals surface area contributed by atoms with Gasteiger partial charge in [-0.05, 0) is 19.8 Å². The van der Waals surface area contributed by atoms with Crippen molar-refractivity contribution < 1.29 is 9.53 Å². The van der Waals surface area contributed by atoms with E-state index in [1.807, 2.05) is 13.8 Å². The predicted octanol–water partition coefficient (Wildman–Crippen LogP) is 0.655. The average molecular weight is 202 g/mol. The molecule has 0 aliphatic rings. The number of methoxy groups -OCH3 is 1. The zero-order valence-electron chi connectivity index (χ0n) is 9.38. The summed E-state index contributed by atoms with van der Waals surface area (Å²) in [5.74, 6) is 0.0613. The zero-order valence-corrected chi connectivity index (χ0v) is 9.38. The van der Waals surface area contributed by atoms with Crippen molar-refractivity contribution in [2.45, 2.75) is 45.2 Å². The molecule has 2 unspecified atom stereocenters. The molecule has 1 amide bonds. The van der Waals surface area contributed by atoms with Gasteiger partial charge in [-0.3, -0.25) is 4.79 Å². The molecule has 0 radical (unpaired) electrons. The van der Waals surface area contributed by atoms with Crippen LogP contribution < -0.4 is 11.1 Å². The number of nitrogens with one attached hydrogen (secondary N) is 1. The number of nitrogens with two attached hydrogens (primary N) is 1. The third-order valence-electron chi connectivity index (χ3n) is 2.05. The van der Waals surface area contributed by atoms with Crippen molar-refractivity contribution in [3.05, 3.63) is 0 Å². The summed E-state index contributed by atoms with van der Waals surface area (Å²) in [5.41, 5.74) is 5.56. The normalized spacial score (nSPS) is 14.9. The number of carbonyl (C=O) groups is 1. The lowest BCUT2D eigenvalue weighted by Gasteiger charge is -2.16. The molecule has 0 saturated heterocycles. The van der Waals surface area contributed by atoms with Crippen LogP contribution in [0, 0.1) is 0 Å². The molecule has 0 aliphatic heterocycles. The second kappa shape index (κ2) is 7.76. The van der Waals surface area contributed by atoms with Crippen LogP contribution >= 0.6 is 0 Å². The molecule has 0 aromatic heterocycles. The molecule has 0 aliphatic carbocycles. The van der Waals surface area contributed by atoms with Gasteiger partial charge in [-0.2, -0.15) is 0 Å². The van der Waals surface area contributed by atoms with Gasteiger partial charge in [0, 0.05) is 19.6 Å². The van der Waals surface area contributed by atoms with Gasteiger partial charge in [-0.25, -0.2) is 0 Å². The topological polar surface area (TPSA) is 64.3 Å². The largest absolute Gasteiger partial charge is 0.383 e. The number of carbonyl (C=O) groups excluding carboxylic acids is 1. The van der Waals surface area contributed by atoms with Crippen LogP contribution in [0.1, 0.15) is 33.1 Å². The van der Waals surface area contributed by atoms with Crippen molar-refractivity contribution in [3.63, 3.8) is 0 Å². The second-order valence-electron chi connectivity index (χ2n) is 3.64. The quantitative estimate of drug-likeness (QED) is 0.637. The van der Waals surface area contributed by atoms with Gasteiger partial charge in [-0.1, -0.05) is 6.92 Å². The van der Waals surface area contributed by atoms with Crippen LogP contribution in [0.2, 0.25) is 0 Å². The first-order valence-corrected chi connectivity index (χ1v) is 5.14. The van der Waals surface area contributed by atoms with E-state index in [1.165, 1.54) is 0 Å². The molecule has 4 heteroatoms. The Morgan fingerprint density at radius 1 is 1.57 bits per heavy atom. The average Bonchev–Trinajstić information content (AvgIpc) is 2.14. The highest BCUT2D eigenvalue weighted by atomic mass is 16.5. The smallest absolute Gasteiger partial charge is 0.220 e. The monoisotopic (exact) mass is 202 g/mol. The summed E-state index contributed by atoms with van der Waals surface area (Å²) in [6.45, 7) is 4.50. The van der Waals surface area contributed by atoms with Gasteiger partial charge in [0.2, 0.25) is 5.91 Å². The lowest BCUT2D eigenvalue weighted by atomic mass is 10.1. The minimum atomic E-state index is 0.0613. The Kier molecular flexibility index (Phi) is 7.42. The standard InChI is InChI=1S/C10H22N2O2/c1-4-9(7-14-3)12-10(13)6-5-8(2)11/h8-9H,4-7,11H2,1-3H3,(H,12,13). The van der Waals surface area contributed by atoms with Gasteiger partial charge in [0.15, 0.2) is 0 Å². The summed E-state index contributed by atoms with van der Waals surface area (Å²) in [4.78, 5) is 11.4. The third kappa shape index (κ3) is 6.86. The second-order valence-corrected chi connectivity index (χ2v) is 3.64. The number of rotatable bonds is 7. The predicted molar refractivity (Wildman–Crippen MR) is 57.0 cm³/mol. The van der Waals surface area contributed by atoms with Crippen LogP contribution in [-0.2, 0) is 9.53 Å². The van der Waals surface area contributed by atoms with Gasteiger partial charge in [0.1, 0.15) is 0 Å². The lowest BCUT2D eigenvalue weighted by Crippen LogP contribution is -2.37. The summed E-state index contributed by atoms with van der Waals surface area (Å²) in [7, 11) is 1.64. The Hall–Kier alpha value is -0.610. The van der Waals surface area contributed by atoms with E-state index in [0.717, 1.165) is 12.8 Å². The lowest BCUT2D eigenvalue weighted by molar-refractivity contribution is -0.122. The van der Waals surface area contributed by atoms with Crippen molar-refractivity contribution >= 4 is 5.91 Å². The van der Waals surface area contributed by atoms with Crippen molar-refractivity contribution in [2.24, 2.45) is 5.73 Å². The highest BCUT2D eigenvalue weighted by Crippen LogP contribution is 1.96. The van der Waals surface area contributed by atoms with E-state index in [-0.39, 0.29) is 18.0 Å². The first-order valence-electron chi connectivity index (χ1n) is 5.14. The molecule has 84 valence electrons. The van der Waals surface area contributed by atoms with Crippen LogP contribution in [0.3, 0.4) is 0 Å². The number of hydrogen-bond acceptors (Lipinski definition) is 3. The van der Waals surface area contributed by atoms with Crippen LogP contribution in [0.4, 0.5) is 0 Å². The summed E-state index contributed by atoms with van der Waals surface area (Å²) in [5, 5.41) is 2.90. The van der Waals surface area contributed by atoms with E-state index in [9.17, 15) is 4.79 Å². The minimum absolute atomic E-state index is 0.0613. The molecule has 0 aromatic carbocycles. The third-order valence-corrected chi connectivity index (χ3v) is 2.05. The minimum Gasteiger partial charge on any atom is -0.383 e. The fraction of sp³-hybridized carbons (Fsp3) is 0.900. The Morgan fingerprint density at radius 2 is 2.21 bits per heavy atom. The molecular weight excluding hydrogens is 180 g/mol. The molecule has 0 aromatic rings. The van der Waals surface area contributed by atoms with Crippen molar-refractivity contribution in [2.75, 3.05) is 13.7 Å². The van der Waals surface area contributed by atoms with Gasteiger partial charge < -0.3 is 15.8 Å². The van der Waals surface area contributed by atoms with Crippen molar-refractivity contribution in [1.29, 1.82) is 0 Å². The fourth-order valence-corrected chi connectivity index (χ4v) is 1.12. The molecule has 0 bridgehead atoms. The van der Waals surface area contributed by atoms with E-state index >= 15 is 0 Å². The maximum absolute atomic E-state index is 11.4. The Balaban J connectivity index is 3.67. The molecule has 0 heterocycles. The fourth-order valence-electron chi connectivity index (χ4n) is 1.12. The zero-order chi connectivity index (χ0) is 11.0. The summed E-state index contributed by atoms with van der Waals surface area (Å²) >= 11 is 0. The molecule has 0 spiro atoms. The van der Waals surface area contributed by atoms with E-state index < -0.39 is 0 Å². The Labute approximate surface area is 86.2 Å². The van der Waals surface area contributed by atoms with Crippen molar-refractivity contribution in [3.8, 4) is 0 Å². The van der Waals surface area contributed by atoms with Crippen LogP contribution in [-0.4, -0.2) is 31.7 Å². The summed E-state index contributed by atoms with van der Waals surface area (Å²) in [6, 6.07) is 0.212. The maximum Gasteiger partial charge on any atom is 0.220 e. The van der Waals surface area contributed by atoms with Crippen LogP contribution in [0.5, 0.6) is 0 Å². The molecule has 14 heavy (non-hydrogen) atoms. The number of ether oxygens (including phenoxy) is 1. The first kappa shape index (κ1) is 13.4. The van der Waals surface area contributed by atoms with Crippen LogP contribution in [0.15, 0.2) is 0 Å². The van der Waals surface area contributed by atoms with Crippen molar-refractivity contribution in [1.82, 2.24) is 5.32 Å². The maximum atomic E-state index is 11.4. The molecule has 0 rings (SSSR count). The molecule has 4 nitrogen and oxygen atoms in total. The number of amides is 1. The van der Waals surface area contributed by atoms with Crippen LogP contribution in [0.25, 0.3) is 0 Å². The van der Waals surface area contributed by atoms with E-state index in [1.54, 1.807) is 7.11 Å². The molecule has 3 N–H and O–H groups in total. The molecule has 0 saturated carbocycles.